The van der Waals surface area contributed by atoms with Crippen LogP contribution in [0, 0.1) is 22.2 Å². The summed E-state index contributed by atoms with van der Waals surface area (Å²) in [6.07, 6.45) is 4.66. The lowest BCUT2D eigenvalue weighted by Gasteiger charge is -2.49. The molecule has 3 aromatic carbocycles. The second kappa shape index (κ2) is 12.2. The molecule has 2 heterocycles. The zero-order valence-electron chi connectivity index (χ0n) is 30.5. The van der Waals surface area contributed by atoms with Crippen molar-refractivity contribution in [3.05, 3.63) is 100 Å². The number of hydrogen-bond acceptors (Lipinski definition) is 7. The fourth-order valence-corrected chi connectivity index (χ4v) is 10.9. The van der Waals surface area contributed by atoms with Gasteiger partial charge in [-0.3, -0.25) is 13.9 Å². The van der Waals surface area contributed by atoms with Crippen LogP contribution in [-0.2, 0) is 30.4 Å². The molecule has 0 N–H and O–H groups in total. The summed E-state index contributed by atoms with van der Waals surface area (Å²) < 4.78 is 36.6. The molecule has 1 aliphatic carbocycles. The first-order valence-electron chi connectivity index (χ1n) is 17.3. The van der Waals surface area contributed by atoms with E-state index in [1.807, 2.05) is 53.7 Å². The van der Waals surface area contributed by atoms with E-state index in [1.54, 1.807) is 42.5 Å². The molecule has 51 heavy (non-hydrogen) atoms. The summed E-state index contributed by atoms with van der Waals surface area (Å²) >= 11 is 0. The average Bonchev–Trinajstić information content (AvgIpc) is 3.49. The van der Waals surface area contributed by atoms with Gasteiger partial charge in [0.2, 0.25) is 0 Å². The number of nitriles is 1. The zero-order valence-corrected chi connectivity index (χ0v) is 31.3. The van der Waals surface area contributed by atoms with Crippen LogP contribution in [0.4, 0.5) is 5.69 Å². The summed E-state index contributed by atoms with van der Waals surface area (Å²) in [6.45, 7) is 14.1. The summed E-state index contributed by atoms with van der Waals surface area (Å²) in [7, 11) is -3.01. The van der Waals surface area contributed by atoms with Crippen molar-refractivity contribution < 1.29 is 27.5 Å². The Morgan fingerprint density at radius 3 is 2.12 bits per heavy atom. The second-order valence-electron chi connectivity index (χ2n) is 16.2. The quantitative estimate of drug-likeness (QED) is 0.146. The normalized spacial score (nSPS) is 20.8. The fourth-order valence-electron chi connectivity index (χ4n) is 9.05. The summed E-state index contributed by atoms with van der Waals surface area (Å²) in [6, 6.07) is 20.8. The number of nitrogens with zero attached hydrogens (tertiary/aromatic N) is 3. The average molecular weight is 708 g/mol. The maximum absolute atomic E-state index is 15.0. The van der Waals surface area contributed by atoms with E-state index in [4.69, 9.17) is 4.74 Å². The van der Waals surface area contributed by atoms with Crippen molar-refractivity contribution in [1.29, 1.82) is 5.26 Å². The second-order valence-corrected chi connectivity index (χ2v) is 18.0. The summed E-state index contributed by atoms with van der Waals surface area (Å²) in [5, 5.41) is 10.8. The first-order chi connectivity index (χ1) is 23.8. The van der Waals surface area contributed by atoms with Crippen LogP contribution >= 0.6 is 0 Å². The van der Waals surface area contributed by atoms with Gasteiger partial charge >= 0.3 is 5.97 Å². The number of carbonyl (C=O) groups is 3. The number of sulfonamides is 1. The van der Waals surface area contributed by atoms with Crippen LogP contribution in [-0.4, -0.2) is 44.3 Å². The smallest absolute Gasteiger partial charge is 0.355 e. The van der Waals surface area contributed by atoms with Gasteiger partial charge < -0.3 is 4.74 Å². The third kappa shape index (κ3) is 5.31. The standard InChI is InChI=1S/C41H45N3O6S/c1-38(2,3)41(25-42,39(4,5)6)27-14-13-15-28(24-27)51(48,49)44-32-22-26(19-20-31(32)40(7)21-12-11-18-34(40)44)23-33(37(47)50-8)43-35(45)29-16-9-10-17-30(29)36(43)46/h9-10,13-17,19-20,22-24,34H,11-12,18,21H2,1-8H3/b33-23+/t34-,40-/m0/s1. The van der Waals surface area contributed by atoms with Crippen LogP contribution in [0.5, 0.6) is 0 Å². The van der Waals surface area contributed by atoms with Gasteiger partial charge in [-0.2, -0.15) is 5.26 Å². The van der Waals surface area contributed by atoms with Crippen molar-refractivity contribution in [3.8, 4) is 6.07 Å². The zero-order chi connectivity index (χ0) is 37.3. The van der Waals surface area contributed by atoms with E-state index in [9.17, 15) is 19.6 Å². The first kappa shape index (κ1) is 36.1. The molecule has 266 valence electrons. The van der Waals surface area contributed by atoms with Gasteiger partial charge in [-0.25, -0.2) is 18.1 Å². The Morgan fingerprint density at radius 1 is 0.922 bits per heavy atom. The Hall–Kier alpha value is -4.75. The Morgan fingerprint density at radius 2 is 1.55 bits per heavy atom. The first-order valence-corrected chi connectivity index (χ1v) is 18.8. The molecule has 2 aliphatic heterocycles. The van der Waals surface area contributed by atoms with Gasteiger partial charge in [0.15, 0.2) is 0 Å². The van der Waals surface area contributed by atoms with Gasteiger partial charge in [-0.05, 0) is 76.8 Å². The van der Waals surface area contributed by atoms with Crippen molar-refractivity contribution in [1.82, 2.24) is 4.90 Å². The van der Waals surface area contributed by atoms with Crippen molar-refractivity contribution in [2.45, 2.75) is 95.9 Å². The minimum atomic E-state index is -4.19. The van der Waals surface area contributed by atoms with Crippen molar-refractivity contribution in [3.63, 3.8) is 0 Å². The molecule has 9 nitrogen and oxygen atoms in total. The van der Waals surface area contributed by atoms with Gasteiger partial charge in [0.05, 0.1) is 46.3 Å². The number of anilines is 1. The molecule has 0 spiro atoms. The molecule has 10 heteroatoms. The van der Waals surface area contributed by atoms with Gasteiger partial charge in [0.1, 0.15) is 5.70 Å². The Balaban J connectivity index is 1.51. The molecule has 2 amide bonds. The predicted molar refractivity (Wildman–Crippen MR) is 195 cm³/mol. The summed E-state index contributed by atoms with van der Waals surface area (Å²) in [5.74, 6) is -2.17. The maximum Gasteiger partial charge on any atom is 0.355 e. The minimum Gasteiger partial charge on any atom is -0.464 e. The molecular weight excluding hydrogens is 663 g/mol. The third-order valence-electron chi connectivity index (χ3n) is 11.3. The van der Waals surface area contributed by atoms with Crippen molar-refractivity contribution in [2.24, 2.45) is 10.8 Å². The van der Waals surface area contributed by atoms with Crippen LogP contribution in [0.3, 0.4) is 0 Å². The van der Waals surface area contributed by atoms with E-state index in [2.05, 4.69) is 13.0 Å². The lowest BCUT2D eigenvalue weighted by atomic mass is 9.52. The number of fused-ring (bicyclic) bond motifs is 4. The van der Waals surface area contributed by atoms with Crippen LogP contribution in [0.2, 0.25) is 0 Å². The SMILES string of the molecule is COC(=O)/C(=C\c1ccc2c(c1)N(S(=O)(=O)c1cccc(C(C#N)(C(C)(C)C)C(C)(C)C)c1)[C@H]1CCCC[C@@]21C)N1C(=O)c2ccccc2C1=O. The minimum absolute atomic E-state index is 0.0936. The number of esters is 1. The number of hydrogen-bond donors (Lipinski definition) is 0. The number of rotatable bonds is 6. The molecule has 0 radical (unpaired) electrons. The predicted octanol–water partition coefficient (Wildman–Crippen LogP) is 7.76. The molecule has 6 rings (SSSR count). The van der Waals surface area contributed by atoms with E-state index in [0.29, 0.717) is 23.2 Å². The van der Waals surface area contributed by atoms with Gasteiger partial charge in [-0.1, -0.05) is 97.7 Å². The molecule has 2 atom stereocenters. The van der Waals surface area contributed by atoms with E-state index in [0.717, 1.165) is 29.7 Å². The van der Waals surface area contributed by atoms with E-state index in [-0.39, 0.29) is 27.8 Å². The molecule has 0 unspecified atom stereocenters. The molecule has 3 aromatic rings. The maximum atomic E-state index is 15.0. The highest BCUT2D eigenvalue weighted by atomic mass is 32.2. The van der Waals surface area contributed by atoms with Crippen LogP contribution in [0.25, 0.3) is 6.08 Å². The number of benzene rings is 3. The Kier molecular flexibility index (Phi) is 8.62. The highest BCUT2D eigenvalue weighted by Crippen LogP contribution is 2.56. The van der Waals surface area contributed by atoms with Crippen molar-refractivity contribution >= 4 is 39.6 Å². The van der Waals surface area contributed by atoms with Gasteiger partial charge in [0, 0.05) is 5.41 Å². The number of imide groups is 1. The van der Waals surface area contributed by atoms with Gasteiger partial charge in [-0.15, -0.1) is 0 Å². The van der Waals surface area contributed by atoms with Crippen molar-refractivity contribution in [2.75, 3.05) is 11.4 Å². The number of carbonyl (C=O) groups excluding carboxylic acids is 3. The van der Waals surface area contributed by atoms with Crippen LogP contribution in [0.1, 0.15) is 112 Å². The molecule has 1 saturated carbocycles. The largest absolute Gasteiger partial charge is 0.464 e. The van der Waals surface area contributed by atoms with E-state index in [1.165, 1.54) is 29.6 Å². The number of amides is 2. The molecular formula is C41H45N3O6S. The molecule has 1 fully saturated rings. The molecule has 3 aliphatic rings. The van der Waals surface area contributed by atoms with E-state index < -0.39 is 49.5 Å². The molecule has 0 aromatic heterocycles. The lowest BCUT2D eigenvalue weighted by Crippen LogP contribution is -2.49. The van der Waals surface area contributed by atoms with Crippen LogP contribution < -0.4 is 4.31 Å². The monoisotopic (exact) mass is 707 g/mol. The van der Waals surface area contributed by atoms with Crippen LogP contribution in [0.15, 0.2) is 77.3 Å². The summed E-state index contributed by atoms with van der Waals surface area (Å²) in [4.78, 5) is 40.9. The highest BCUT2D eigenvalue weighted by Gasteiger charge is 2.55. The number of ether oxygens (including phenoxy) is 1. The Labute approximate surface area is 301 Å². The topological polar surface area (TPSA) is 125 Å². The highest BCUT2D eigenvalue weighted by molar-refractivity contribution is 7.93. The fraction of sp³-hybridized carbons (Fsp3) is 0.415. The number of methoxy groups -OCH3 is 1. The van der Waals surface area contributed by atoms with E-state index >= 15 is 8.42 Å². The third-order valence-corrected chi connectivity index (χ3v) is 13.1. The lowest BCUT2D eigenvalue weighted by molar-refractivity contribution is -0.137. The Bertz CT molecular complexity index is 2100. The molecule has 0 saturated heterocycles. The summed E-state index contributed by atoms with van der Waals surface area (Å²) in [5.41, 5.74) is -0.0317. The van der Waals surface area contributed by atoms with Gasteiger partial charge in [0.25, 0.3) is 21.8 Å². The molecule has 0 bridgehead atoms.